The number of anilines is 3. The molecule has 1 aliphatic rings. The van der Waals surface area contributed by atoms with Crippen LogP contribution in [0, 0.1) is 20.8 Å². The number of sulfonamides is 1. The molecule has 2 aromatic heterocycles. The fraction of sp³-hybridized carbons (Fsp3) is 0.429. The molecule has 11 heteroatoms. The summed E-state index contributed by atoms with van der Waals surface area (Å²) in [6.45, 7) is 6.75. The van der Waals surface area contributed by atoms with Crippen LogP contribution in [0.5, 0.6) is 0 Å². The Bertz CT molecular complexity index is 1220. The topological polar surface area (TPSA) is 132 Å². The largest absolute Gasteiger partial charge is 0.368 e. The Kier molecular flexibility index (Phi) is 6.11. The van der Waals surface area contributed by atoms with Crippen molar-refractivity contribution in [3.63, 3.8) is 0 Å². The number of aromatic nitrogens is 5. The van der Waals surface area contributed by atoms with Crippen molar-refractivity contribution < 1.29 is 8.42 Å². The smallest absolute Gasteiger partial charge is 0.246 e. The van der Waals surface area contributed by atoms with Crippen molar-refractivity contribution in [2.24, 2.45) is 0 Å². The molecule has 1 fully saturated rings. The van der Waals surface area contributed by atoms with Crippen LogP contribution in [-0.2, 0) is 16.6 Å². The highest BCUT2D eigenvalue weighted by Gasteiger charge is 2.31. The number of nitrogen functional groups attached to an aromatic ring is 1. The zero-order chi connectivity index (χ0) is 22.9. The van der Waals surface area contributed by atoms with Crippen LogP contribution in [0.4, 0.5) is 17.6 Å². The van der Waals surface area contributed by atoms with Crippen LogP contribution in [0.2, 0.25) is 0 Å². The molecule has 1 saturated heterocycles. The van der Waals surface area contributed by atoms with Gasteiger partial charge in [-0.15, -0.1) is 0 Å². The number of rotatable bonds is 6. The highest BCUT2D eigenvalue weighted by Crippen LogP contribution is 2.26. The maximum Gasteiger partial charge on any atom is 0.246 e. The Morgan fingerprint density at radius 2 is 1.69 bits per heavy atom. The molecule has 0 spiro atoms. The summed E-state index contributed by atoms with van der Waals surface area (Å²) in [5, 5.41) is 7.59. The predicted molar refractivity (Wildman–Crippen MR) is 122 cm³/mol. The molecule has 1 aliphatic heterocycles. The minimum atomic E-state index is -3.60. The van der Waals surface area contributed by atoms with Crippen LogP contribution in [0.1, 0.15) is 42.0 Å². The number of hydrogen-bond donors (Lipinski definition) is 2. The van der Waals surface area contributed by atoms with E-state index in [4.69, 9.17) is 5.73 Å². The Balaban J connectivity index is 1.60. The van der Waals surface area contributed by atoms with Crippen molar-refractivity contribution in [1.29, 1.82) is 0 Å². The molecule has 0 bridgehead atoms. The molecule has 3 heterocycles. The van der Waals surface area contributed by atoms with Gasteiger partial charge in [-0.05, 0) is 45.7 Å². The third kappa shape index (κ3) is 4.58. The molecule has 170 valence electrons. The van der Waals surface area contributed by atoms with Crippen LogP contribution in [0.3, 0.4) is 0 Å². The van der Waals surface area contributed by atoms with Gasteiger partial charge in [0.1, 0.15) is 11.4 Å². The van der Waals surface area contributed by atoms with Crippen LogP contribution in [0.15, 0.2) is 29.2 Å². The third-order valence-electron chi connectivity index (χ3n) is 5.53. The minimum Gasteiger partial charge on any atom is -0.368 e. The van der Waals surface area contributed by atoms with Crippen molar-refractivity contribution in [3.8, 4) is 0 Å². The van der Waals surface area contributed by atoms with Crippen molar-refractivity contribution in [2.45, 2.75) is 51.5 Å². The van der Waals surface area contributed by atoms with Gasteiger partial charge in [0, 0.05) is 18.8 Å². The number of aryl methyl sites for hydroxylation is 2. The lowest BCUT2D eigenvalue weighted by atomic mass is 10.2. The SMILES string of the molecule is Cc1ccc(Nc2nc(N)nc(Cn3nc(C)c(S(=O)(=O)N4CCCCC4)c3C)n2)cc1. The molecule has 3 N–H and O–H groups in total. The van der Waals surface area contributed by atoms with Gasteiger partial charge in [0.25, 0.3) is 0 Å². The predicted octanol–water partition coefficient (Wildman–Crippen LogP) is 2.54. The molecule has 0 radical (unpaired) electrons. The van der Waals surface area contributed by atoms with E-state index in [1.165, 1.54) is 0 Å². The summed E-state index contributed by atoms with van der Waals surface area (Å²) < 4.78 is 29.6. The van der Waals surface area contributed by atoms with E-state index >= 15 is 0 Å². The van der Waals surface area contributed by atoms with E-state index in [9.17, 15) is 8.42 Å². The van der Waals surface area contributed by atoms with Gasteiger partial charge in [-0.2, -0.15) is 24.4 Å². The van der Waals surface area contributed by atoms with Gasteiger partial charge in [0.2, 0.25) is 21.9 Å². The first-order valence-corrected chi connectivity index (χ1v) is 12.1. The van der Waals surface area contributed by atoms with Crippen LogP contribution in [0.25, 0.3) is 0 Å². The highest BCUT2D eigenvalue weighted by atomic mass is 32.2. The zero-order valence-electron chi connectivity index (χ0n) is 18.5. The van der Waals surface area contributed by atoms with Gasteiger partial charge in [0.15, 0.2) is 5.82 Å². The minimum absolute atomic E-state index is 0.0762. The van der Waals surface area contributed by atoms with E-state index in [1.54, 1.807) is 22.8 Å². The fourth-order valence-corrected chi connectivity index (χ4v) is 5.80. The maximum atomic E-state index is 13.2. The Morgan fingerprint density at radius 3 is 2.38 bits per heavy atom. The average Bonchev–Trinajstić information content (AvgIpc) is 3.03. The normalized spacial score (nSPS) is 15.1. The number of nitrogens with zero attached hydrogens (tertiary/aromatic N) is 6. The van der Waals surface area contributed by atoms with Crippen LogP contribution >= 0.6 is 0 Å². The van der Waals surface area contributed by atoms with E-state index in [0.29, 0.717) is 36.3 Å². The first-order valence-electron chi connectivity index (χ1n) is 10.6. The lowest BCUT2D eigenvalue weighted by Crippen LogP contribution is -2.36. The average molecular weight is 457 g/mol. The second-order valence-corrected chi connectivity index (χ2v) is 9.92. The molecule has 4 rings (SSSR count). The monoisotopic (exact) mass is 456 g/mol. The van der Waals surface area contributed by atoms with Gasteiger partial charge >= 0.3 is 0 Å². The molecule has 0 aliphatic carbocycles. The summed E-state index contributed by atoms with van der Waals surface area (Å²) in [5.41, 5.74) is 8.89. The van der Waals surface area contributed by atoms with Gasteiger partial charge in [0.05, 0.1) is 11.4 Å². The summed E-state index contributed by atoms with van der Waals surface area (Å²) in [6.07, 6.45) is 2.82. The maximum absolute atomic E-state index is 13.2. The van der Waals surface area contributed by atoms with Crippen molar-refractivity contribution in [2.75, 3.05) is 24.1 Å². The van der Waals surface area contributed by atoms with E-state index in [0.717, 1.165) is 30.5 Å². The van der Waals surface area contributed by atoms with Gasteiger partial charge in [-0.3, -0.25) is 4.68 Å². The van der Waals surface area contributed by atoms with E-state index in [-0.39, 0.29) is 17.4 Å². The number of piperidine rings is 1. The molecule has 0 saturated carbocycles. The van der Waals surface area contributed by atoms with E-state index < -0.39 is 10.0 Å². The molecular formula is C21H28N8O2S. The molecule has 10 nitrogen and oxygen atoms in total. The number of benzene rings is 1. The zero-order valence-corrected chi connectivity index (χ0v) is 19.4. The van der Waals surface area contributed by atoms with Crippen molar-refractivity contribution in [1.82, 2.24) is 29.0 Å². The summed E-state index contributed by atoms with van der Waals surface area (Å²) in [6, 6.07) is 7.81. The van der Waals surface area contributed by atoms with Gasteiger partial charge < -0.3 is 11.1 Å². The lowest BCUT2D eigenvalue weighted by molar-refractivity contribution is 0.346. The number of nitrogens with two attached hydrogens (primary N) is 1. The third-order valence-corrected chi connectivity index (χ3v) is 7.68. The Morgan fingerprint density at radius 1 is 1.00 bits per heavy atom. The van der Waals surface area contributed by atoms with Crippen LogP contribution in [-0.4, -0.2) is 50.5 Å². The summed E-state index contributed by atoms with van der Waals surface area (Å²) in [7, 11) is -3.60. The van der Waals surface area contributed by atoms with Crippen molar-refractivity contribution >= 4 is 27.6 Å². The van der Waals surface area contributed by atoms with E-state index in [1.807, 2.05) is 31.2 Å². The second-order valence-electron chi connectivity index (χ2n) is 8.05. The van der Waals surface area contributed by atoms with Gasteiger partial charge in [-0.25, -0.2) is 8.42 Å². The fourth-order valence-electron chi connectivity index (χ4n) is 3.91. The van der Waals surface area contributed by atoms with E-state index in [2.05, 4.69) is 25.4 Å². The van der Waals surface area contributed by atoms with Crippen LogP contribution < -0.4 is 11.1 Å². The summed E-state index contributed by atoms with van der Waals surface area (Å²) in [4.78, 5) is 13.1. The second kappa shape index (κ2) is 8.83. The first kappa shape index (κ1) is 22.2. The number of nitrogens with one attached hydrogen (secondary N) is 1. The molecule has 3 aromatic rings. The lowest BCUT2D eigenvalue weighted by Gasteiger charge is -2.25. The molecule has 0 amide bonds. The molecule has 0 unspecified atom stereocenters. The summed E-state index contributed by atoms with van der Waals surface area (Å²) >= 11 is 0. The highest BCUT2D eigenvalue weighted by molar-refractivity contribution is 7.89. The summed E-state index contributed by atoms with van der Waals surface area (Å²) in [5.74, 6) is 0.783. The van der Waals surface area contributed by atoms with Gasteiger partial charge in [-0.1, -0.05) is 24.1 Å². The molecule has 32 heavy (non-hydrogen) atoms. The standard InChI is InChI=1S/C21H28N8O2S/c1-14-7-9-17(10-8-14)23-21-25-18(24-20(22)26-21)13-29-16(3)19(15(2)27-29)32(30,31)28-11-5-4-6-12-28/h7-10H,4-6,11-13H2,1-3H3,(H3,22,23,24,25,26). The molecule has 0 atom stereocenters. The molecular weight excluding hydrogens is 428 g/mol. The first-order chi connectivity index (χ1) is 15.2. The quantitative estimate of drug-likeness (QED) is 0.578. The van der Waals surface area contributed by atoms with Crippen molar-refractivity contribution in [3.05, 3.63) is 47.0 Å². The number of hydrogen-bond acceptors (Lipinski definition) is 8. The molecule has 1 aromatic carbocycles. The Labute approximate surface area is 188 Å². The Hall–Kier alpha value is -3.05.